The lowest BCUT2D eigenvalue weighted by Crippen LogP contribution is -2.43. The van der Waals surface area contributed by atoms with Gasteiger partial charge in [-0.1, -0.05) is 18.2 Å². The molecule has 3 heterocycles. The van der Waals surface area contributed by atoms with Crippen molar-refractivity contribution in [1.29, 1.82) is 0 Å². The van der Waals surface area contributed by atoms with Crippen molar-refractivity contribution in [1.82, 2.24) is 15.2 Å². The number of piperidine rings is 1. The minimum atomic E-state index is -0.0603. The Labute approximate surface area is 203 Å². The Bertz CT molecular complexity index is 1090. The van der Waals surface area contributed by atoms with Crippen LogP contribution in [0.2, 0.25) is 0 Å². The van der Waals surface area contributed by atoms with Gasteiger partial charge in [-0.2, -0.15) is 0 Å². The van der Waals surface area contributed by atoms with Crippen molar-refractivity contribution in [3.8, 4) is 11.3 Å². The number of nitrogens with one attached hydrogen (secondary N) is 2. The number of aromatic nitrogens is 1. The van der Waals surface area contributed by atoms with Gasteiger partial charge in [0, 0.05) is 28.3 Å². The summed E-state index contributed by atoms with van der Waals surface area (Å²) in [4.78, 5) is 33.0. The highest BCUT2D eigenvalue weighted by atomic mass is 32.1. The molecule has 1 aromatic carbocycles. The van der Waals surface area contributed by atoms with E-state index in [9.17, 15) is 9.59 Å². The molecule has 3 aromatic rings. The SMILES string of the molecule is Cc1ccc(-c2csc(NC(=O)CN3CCC(C(=O)NCCc4cccs4)CC3)n2)cc1C. The predicted molar refractivity (Wildman–Crippen MR) is 136 cm³/mol. The third-order valence-electron chi connectivity index (χ3n) is 6.13. The van der Waals surface area contributed by atoms with E-state index < -0.39 is 0 Å². The fourth-order valence-corrected chi connectivity index (χ4v) is 5.43. The molecule has 8 heteroatoms. The molecule has 0 bridgehead atoms. The summed E-state index contributed by atoms with van der Waals surface area (Å²) in [5.74, 6) is 0.110. The molecule has 1 aliphatic heterocycles. The summed E-state index contributed by atoms with van der Waals surface area (Å²) in [6, 6.07) is 10.4. The number of amides is 2. The van der Waals surface area contributed by atoms with Gasteiger partial charge in [0.2, 0.25) is 11.8 Å². The topological polar surface area (TPSA) is 74.3 Å². The maximum absolute atomic E-state index is 12.5. The first-order chi connectivity index (χ1) is 16.0. The molecule has 0 radical (unpaired) electrons. The summed E-state index contributed by atoms with van der Waals surface area (Å²) in [5.41, 5.74) is 4.42. The molecule has 0 unspecified atom stereocenters. The van der Waals surface area contributed by atoms with Gasteiger partial charge in [0.15, 0.2) is 5.13 Å². The van der Waals surface area contributed by atoms with Crippen molar-refractivity contribution in [3.63, 3.8) is 0 Å². The maximum Gasteiger partial charge on any atom is 0.240 e. The number of thiophene rings is 1. The van der Waals surface area contributed by atoms with Gasteiger partial charge < -0.3 is 10.6 Å². The number of carbonyl (C=O) groups excluding carboxylic acids is 2. The van der Waals surface area contributed by atoms with E-state index in [4.69, 9.17) is 0 Å². The number of rotatable bonds is 8. The van der Waals surface area contributed by atoms with E-state index in [1.807, 2.05) is 11.4 Å². The molecule has 6 nitrogen and oxygen atoms in total. The number of hydrogen-bond acceptors (Lipinski definition) is 6. The molecular weight excluding hydrogens is 452 g/mol. The van der Waals surface area contributed by atoms with Gasteiger partial charge in [-0.25, -0.2) is 4.98 Å². The minimum absolute atomic E-state index is 0.0344. The minimum Gasteiger partial charge on any atom is -0.355 e. The lowest BCUT2D eigenvalue weighted by atomic mass is 9.96. The molecule has 4 rings (SSSR count). The van der Waals surface area contributed by atoms with E-state index >= 15 is 0 Å². The number of benzene rings is 1. The molecule has 0 atom stereocenters. The van der Waals surface area contributed by atoms with Gasteiger partial charge in [0.1, 0.15) is 0 Å². The standard InChI is InChI=1S/C25H30N4O2S2/c1-17-5-6-20(14-18(17)2)22-16-33-25(27-22)28-23(30)15-29-11-8-19(9-12-29)24(31)26-10-7-21-4-3-13-32-21/h3-6,13-14,16,19H,7-12,15H2,1-2H3,(H,26,31)(H,27,28,30). The van der Waals surface area contributed by atoms with Gasteiger partial charge in [0.05, 0.1) is 12.2 Å². The second-order valence-electron chi connectivity index (χ2n) is 8.56. The van der Waals surface area contributed by atoms with Gasteiger partial charge in [0.25, 0.3) is 0 Å². The van der Waals surface area contributed by atoms with E-state index in [0.29, 0.717) is 18.2 Å². The van der Waals surface area contributed by atoms with Crippen LogP contribution in [0.4, 0.5) is 5.13 Å². The van der Waals surface area contributed by atoms with Crippen molar-refractivity contribution in [2.45, 2.75) is 33.1 Å². The summed E-state index contributed by atoms with van der Waals surface area (Å²) in [7, 11) is 0. The van der Waals surface area contributed by atoms with E-state index in [1.165, 1.54) is 27.3 Å². The summed E-state index contributed by atoms with van der Waals surface area (Å²) < 4.78 is 0. The van der Waals surface area contributed by atoms with Crippen LogP contribution in [0.3, 0.4) is 0 Å². The summed E-state index contributed by atoms with van der Waals surface area (Å²) in [6.45, 7) is 6.69. The second-order valence-corrected chi connectivity index (χ2v) is 10.4. The average molecular weight is 483 g/mol. The van der Waals surface area contributed by atoms with Gasteiger partial charge in [-0.3, -0.25) is 14.5 Å². The maximum atomic E-state index is 12.5. The molecule has 2 aromatic heterocycles. The zero-order chi connectivity index (χ0) is 23.2. The normalized spacial score (nSPS) is 14.8. The monoisotopic (exact) mass is 482 g/mol. The Balaban J connectivity index is 1.19. The smallest absolute Gasteiger partial charge is 0.240 e. The summed E-state index contributed by atoms with van der Waals surface area (Å²) >= 11 is 3.16. The van der Waals surface area contributed by atoms with Crippen molar-refractivity contribution in [3.05, 3.63) is 57.1 Å². The molecule has 1 aliphatic rings. The van der Waals surface area contributed by atoms with E-state index in [1.54, 1.807) is 11.3 Å². The zero-order valence-corrected chi connectivity index (χ0v) is 20.7. The molecule has 1 fully saturated rings. The van der Waals surface area contributed by atoms with Crippen molar-refractivity contribution < 1.29 is 9.59 Å². The third kappa shape index (κ3) is 6.50. The first-order valence-corrected chi connectivity index (χ1v) is 13.1. The first-order valence-electron chi connectivity index (χ1n) is 11.3. The Morgan fingerprint density at radius 3 is 2.67 bits per heavy atom. The lowest BCUT2D eigenvalue weighted by Gasteiger charge is -2.30. The van der Waals surface area contributed by atoms with E-state index in [2.05, 4.69) is 64.0 Å². The summed E-state index contributed by atoms with van der Waals surface area (Å²) in [5, 5.41) is 10.6. The van der Waals surface area contributed by atoms with Crippen LogP contribution in [0.25, 0.3) is 11.3 Å². The molecule has 2 N–H and O–H groups in total. The molecule has 33 heavy (non-hydrogen) atoms. The molecule has 2 amide bonds. The van der Waals surface area contributed by atoms with Gasteiger partial charge in [-0.15, -0.1) is 22.7 Å². The second kappa shape index (κ2) is 11.0. The number of carbonyl (C=O) groups is 2. The third-order valence-corrected chi connectivity index (χ3v) is 7.82. The van der Waals surface area contributed by atoms with Crippen molar-refractivity contribution in [2.75, 3.05) is 31.5 Å². The highest BCUT2D eigenvalue weighted by molar-refractivity contribution is 7.14. The predicted octanol–water partition coefficient (Wildman–Crippen LogP) is 4.50. The van der Waals surface area contributed by atoms with Crippen LogP contribution >= 0.6 is 22.7 Å². The Kier molecular flexibility index (Phi) is 7.90. The summed E-state index contributed by atoms with van der Waals surface area (Å²) in [6.07, 6.45) is 2.45. The molecule has 0 saturated carbocycles. The van der Waals surface area contributed by atoms with Crippen LogP contribution in [-0.2, 0) is 16.0 Å². The zero-order valence-electron chi connectivity index (χ0n) is 19.1. The van der Waals surface area contributed by atoms with E-state index in [0.717, 1.165) is 43.6 Å². The van der Waals surface area contributed by atoms with Gasteiger partial charge >= 0.3 is 0 Å². The average Bonchev–Trinajstić information content (AvgIpc) is 3.48. The van der Waals surface area contributed by atoms with Crippen LogP contribution in [0.5, 0.6) is 0 Å². The fourth-order valence-electron chi connectivity index (χ4n) is 3.99. The molecule has 1 saturated heterocycles. The Morgan fingerprint density at radius 1 is 1.12 bits per heavy atom. The van der Waals surface area contributed by atoms with Crippen LogP contribution in [0.1, 0.15) is 28.8 Å². The fraction of sp³-hybridized carbons (Fsp3) is 0.400. The lowest BCUT2D eigenvalue weighted by molar-refractivity contribution is -0.126. The number of aryl methyl sites for hydroxylation is 2. The number of likely N-dealkylation sites (tertiary alicyclic amines) is 1. The Hall–Kier alpha value is -2.55. The number of anilines is 1. The van der Waals surface area contributed by atoms with Crippen LogP contribution in [0.15, 0.2) is 41.1 Å². The van der Waals surface area contributed by atoms with Crippen molar-refractivity contribution >= 4 is 39.6 Å². The first kappa shape index (κ1) is 23.6. The van der Waals surface area contributed by atoms with Crippen LogP contribution in [0, 0.1) is 19.8 Å². The highest BCUT2D eigenvalue weighted by Crippen LogP contribution is 2.26. The van der Waals surface area contributed by atoms with Crippen molar-refractivity contribution in [2.24, 2.45) is 5.92 Å². The largest absolute Gasteiger partial charge is 0.355 e. The highest BCUT2D eigenvalue weighted by Gasteiger charge is 2.25. The van der Waals surface area contributed by atoms with Crippen LogP contribution < -0.4 is 10.6 Å². The number of thiazole rings is 1. The molecule has 174 valence electrons. The number of hydrogen-bond donors (Lipinski definition) is 2. The quantitative estimate of drug-likeness (QED) is 0.496. The Morgan fingerprint density at radius 2 is 1.94 bits per heavy atom. The molecular formula is C25H30N4O2S2. The molecule has 0 spiro atoms. The number of nitrogens with zero attached hydrogens (tertiary/aromatic N) is 2. The van der Waals surface area contributed by atoms with E-state index in [-0.39, 0.29) is 17.7 Å². The van der Waals surface area contributed by atoms with Gasteiger partial charge in [-0.05, 0) is 74.8 Å². The van der Waals surface area contributed by atoms with Crippen LogP contribution in [-0.4, -0.2) is 47.9 Å². The molecule has 0 aliphatic carbocycles.